The minimum Gasteiger partial charge on any atom is -0.478 e. The summed E-state index contributed by atoms with van der Waals surface area (Å²) in [5, 5.41) is 5.36. The molecule has 18 heavy (non-hydrogen) atoms. The first-order chi connectivity index (χ1) is 8.63. The van der Waals surface area contributed by atoms with Crippen molar-refractivity contribution in [2.75, 3.05) is 18.4 Å². The van der Waals surface area contributed by atoms with E-state index < -0.39 is 6.10 Å². The molecule has 4 N–H and O–H groups in total. The van der Waals surface area contributed by atoms with E-state index in [1.807, 2.05) is 0 Å². The summed E-state index contributed by atoms with van der Waals surface area (Å²) in [5.41, 5.74) is 6.24. The molecule has 0 spiro atoms. The molecule has 6 nitrogen and oxygen atoms in total. The van der Waals surface area contributed by atoms with E-state index in [2.05, 4.69) is 10.6 Å². The Balaban J connectivity index is 2.30. The Morgan fingerprint density at radius 2 is 2.33 bits per heavy atom. The second-order valence-electron chi connectivity index (χ2n) is 3.98. The van der Waals surface area contributed by atoms with Crippen LogP contribution in [0.25, 0.3) is 0 Å². The second kappa shape index (κ2) is 5.05. The normalized spacial score (nSPS) is 17.4. The number of nitrogens with one attached hydrogen (secondary N) is 2. The van der Waals surface area contributed by atoms with E-state index in [4.69, 9.17) is 10.5 Å². The van der Waals surface area contributed by atoms with Crippen molar-refractivity contribution in [3.05, 3.63) is 23.8 Å². The predicted molar refractivity (Wildman–Crippen MR) is 66.5 cm³/mol. The maximum Gasteiger partial charge on any atom is 0.265 e. The molecule has 1 aromatic carbocycles. The quantitative estimate of drug-likeness (QED) is 0.708. The highest BCUT2D eigenvalue weighted by Crippen LogP contribution is 2.33. The number of rotatable bonds is 3. The van der Waals surface area contributed by atoms with E-state index in [1.165, 1.54) is 0 Å². The predicted octanol–water partition coefficient (Wildman–Crippen LogP) is 0.0945. The molecule has 96 valence electrons. The Morgan fingerprint density at radius 3 is 3.06 bits per heavy atom. The van der Waals surface area contributed by atoms with Crippen LogP contribution in [0.5, 0.6) is 5.75 Å². The van der Waals surface area contributed by atoms with Gasteiger partial charge in [0.2, 0.25) is 0 Å². The number of hydrogen-bond donors (Lipinski definition) is 3. The molecule has 1 unspecified atom stereocenters. The molecule has 2 rings (SSSR count). The monoisotopic (exact) mass is 249 g/mol. The summed E-state index contributed by atoms with van der Waals surface area (Å²) in [6, 6.07) is 5.03. The van der Waals surface area contributed by atoms with Gasteiger partial charge in [-0.05, 0) is 19.1 Å². The summed E-state index contributed by atoms with van der Waals surface area (Å²) >= 11 is 0. The van der Waals surface area contributed by atoms with Crippen molar-refractivity contribution in [3.63, 3.8) is 0 Å². The van der Waals surface area contributed by atoms with E-state index in [9.17, 15) is 9.59 Å². The summed E-state index contributed by atoms with van der Waals surface area (Å²) in [6.45, 7) is 2.39. The lowest BCUT2D eigenvalue weighted by molar-refractivity contribution is -0.122. The summed E-state index contributed by atoms with van der Waals surface area (Å²) < 4.78 is 5.47. The third kappa shape index (κ3) is 2.28. The first kappa shape index (κ1) is 12.4. The van der Waals surface area contributed by atoms with Gasteiger partial charge in [0, 0.05) is 13.1 Å². The zero-order chi connectivity index (χ0) is 13.1. The van der Waals surface area contributed by atoms with Crippen LogP contribution >= 0.6 is 0 Å². The number of anilines is 1. The number of para-hydroxylation sites is 1. The van der Waals surface area contributed by atoms with E-state index in [0.717, 1.165) is 0 Å². The SMILES string of the molecule is CC1Oc2c(cccc2C(=O)NCCN)NC1=O. The van der Waals surface area contributed by atoms with Crippen molar-refractivity contribution >= 4 is 17.5 Å². The van der Waals surface area contributed by atoms with Crippen LogP contribution in [0.1, 0.15) is 17.3 Å². The van der Waals surface area contributed by atoms with Gasteiger partial charge in [-0.25, -0.2) is 0 Å². The van der Waals surface area contributed by atoms with Crippen molar-refractivity contribution < 1.29 is 14.3 Å². The fourth-order valence-corrected chi connectivity index (χ4v) is 1.69. The van der Waals surface area contributed by atoms with Crippen LogP contribution < -0.4 is 21.1 Å². The topological polar surface area (TPSA) is 93.4 Å². The van der Waals surface area contributed by atoms with E-state index in [-0.39, 0.29) is 11.8 Å². The number of carbonyl (C=O) groups is 2. The fraction of sp³-hybridized carbons (Fsp3) is 0.333. The molecule has 1 heterocycles. The average molecular weight is 249 g/mol. The molecule has 0 radical (unpaired) electrons. The van der Waals surface area contributed by atoms with Crippen molar-refractivity contribution in [1.29, 1.82) is 0 Å². The number of carbonyl (C=O) groups excluding carboxylic acids is 2. The second-order valence-corrected chi connectivity index (χ2v) is 3.98. The summed E-state index contributed by atoms with van der Waals surface area (Å²) in [4.78, 5) is 23.4. The summed E-state index contributed by atoms with van der Waals surface area (Å²) in [6.07, 6.45) is -0.610. The minimum absolute atomic E-state index is 0.220. The molecule has 6 heteroatoms. The zero-order valence-electron chi connectivity index (χ0n) is 10.0. The lowest BCUT2D eigenvalue weighted by Gasteiger charge is -2.25. The van der Waals surface area contributed by atoms with Crippen LogP contribution in [0.3, 0.4) is 0 Å². The average Bonchev–Trinajstić information content (AvgIpc) is 2.36. The smallest absolute Gasteiger partial charge is 0.265 e. The van der Waals surface area contributed by atoms with E-state index in [1.54, 1.807) is 25.1 Å². The molecule has 0 saturated carbocycles. The van der Waals surface area contributed by atoms with Gasteiger partial charge in [-0.15, -0.1) is 0 Å². The van der Waals surface area contributed by atoms with Crippen molar-refractivity contribution in [2.24, 2.45) is 5.73 Å². The van der Waals surface area contributed by atoms with E-state index >= 15 is 0 Å². The number of amides is 2. The Labute approximate surface area is 104 Å². The number of hydrogen-bond acceptors (Lipinski definition) is 4. The first-order valence-corrected chi connectivity index (χ1v) is 5.72. The zero-order valence-corrected chi connectivity index (χ0v) is 10.0. The largest absolute Gasteiger partial charge is 0.478 e. The van der Waals surface area contributed by atoms with Crippen LogP contribution in [-0.2, 0) is 4.79 Å². The van der Waals surface area contributed by atoms with Crippen LogP contribution in [0.15, 0.2) is 18.2 Å². The number of nitrogens with two attached hydrogens (primary N) is 1. The Hall–Kier alpha value is -2.08. The summed E-state index contributed by atoms with van der Waals surface area (Å²) in [7, 11) is 0. The van der Waals surface area contributed by atoms with Gasteiger partial charge in [-0.2, -0.15) is 0 Å². The number of benzene rings is 1. The molecule has 1 aliphatic rings. The van der Waals surface area contributed by atoms with Gasteiger partial charge in [-0.1, -0.05) is 6.07 Å². The molecular formula is C12H15N3O3. The van der Waals surface area contributed by atoms with Gasteiger partial charge in [0.05, 0.1) is 11.3 Å². The van der Waals surface area contributed by atoms with Gasteiger partial charge >= 0.3 is 0 Å². The van der Waals surface area contributed by atoms with Crippen molar-refractivity contribution in [1.82, 2.24) is 5.32 Å². The third-order valence-electron chi connectivity index (χ3n) is 2.61. The van der Waals surface area contributed by atoms with Gasteiger partial charge in [-0.3, -0.25) is 9.59 Å². The molecule has 1 atom stereocenters. The van der Waals surface area contributed by atoms with Gasteiger partial charge in [0.1, 0.15) is 0 Å². The highest BCUT2D eigenvalue weighted by Gasteiger charge is 2.27. The molecule has 0 aromatic heterocycles. The van der Waals surface area contributed by atoms with Gasteiger partial charge in [0.15, 0.2) is 11.9 Å². The molecule has 2 amide bonds. The Bertz CT molecular complexity index is 487. The van der Waals surface area contributed by atoms with Crippen LogP contribution in [0.4, 0.5) is 5.69 Å². The minimum atomic E-state index is -0.610. The van der Waals surface area contributed by atoms with Crippen molar-refractivity contribution in [3.8, 4) is 5.75 Å². The molecule has 0 bridgehead atoms. The number of ether oxygens (including phenoxy) is 1. The highest BCUT2D eigenvalue weighted by atomic mass is 16.5. The Morgan fingerprint density at radius 1 is 1.56 bits per heavy atom. The van der Waals surface area contributed by atoms with Gasteiger partial charge in [0.25, 0.3) is 11.8 Å². The van der Waals surface area contributed by atoms with Crippen LogP contribution in [0, 0.1) is 0 Å². The first-order valence-electron chi connectivity index (χ1n) is 5.72. The lowest BCUT2D eigenvalue weighted by atomic mass is 10.1. The maximum atomic E-state index is 11.9. The third-order valence-corrected chi connectivity index (χ3v) is 2.61. The molecule has 1 aromatic rings. The fourth-order valence-electron chi connectivity index (χ4n) is 1.69. The molecular weight excluding hydrogens is 234 g/mol. The summed E-state index contributed by atoms with van der Waals surface area (Å²) in [5.74, 6) is -0.0817. The lowest BCUT2D eigenvalue weighted by Crippen LogP contribution is -2.36. The molecule has 1 aliphatic heterocycles. The van der Waals surface area contributed by atoms with E-state index in [0.29, 0.717) is 30.1 Å². The molecule has 0 aliphatic carbocycles. The molecule has 0 saturated heterocycles. The highest BCUT2D eigenvalue weighted by molar-refractivity contribution is 6.03. The Kier molecular flexibility index (Phi) is 3.47. The van der Waals surface area contributed by atoms with Gasteiger partial charge < -0.3 is 21.1 Å². The number of fused-ring (bicyclic) bond motifs is 1. The standard InChI is InChI=1S/C12H15N3O3/c1-7-11(16)15-9-4-2-3-8(10(9)18-7)12(17)14-6-5-13/h2-4,7H,5-6,13H2,1H3,(H,14,17)(H,15,16). The van der Waals surface area contributed by atoms with Crippen LogP contribution in [0.2, 0.25) is 0 Å². The van der Waals surface area contributed by atoms with Crippen molar-refractivity contribution in [2.45, 2.75) is 13.0 Å². The maximum absolute atomic E-state index is 11.9. The van der Waals surface area contributed by atoms with Crippen LogP contribution in [-0.4, -0.2) is 31.0 Å². The molecule has 0 fully saturated rings.